The van der Waals surface area contributed by atoms with Crippen molar-refractivity contribution in [3.05, 3.63) is 75.6 Å². The molecule has 2 aliphatic heterocycles. The highest BCUT2D eigenvalue weighted by molar-refractivity contribution is 7.98. The maximum atomic E-state index is 12.9. The Morgan fingerprint density at radius 3 is 2.76 bits per heavy atom. The van der Waals surface area contributed by atoms with Crippen molar-refractivity contribution in [3.63, 3.8) is 0 Å². The number of fused-ring (bicyclic) bond motifs is 2. The van der Waals surface area contributed by atoms with E-state index in [2.05, 4.69) is 15.3 Å². The van der Waals surface area contributed by atoms with Crippen LogP contribution in [0.3, 0.4) is 0 Å². The fourth-order valence-electron chi connectivity index (χ4n) is 3.56. The molecular formula is C21H17N3O4S. The number of carbonyl (C=O) groups is 1. The van der Waals surface area contributed by atoms with Gasteiger partial charge in [0.25, 0.3) is 5.56 Å². The largest absolute Gasteiger partial charge is 0.454 e. The van der Waals surface area contributed by atoms with E-state index < -0.39 is 5.92 Å². The fraction of sp³-hybridized carbons (Fsp3) is 0.190. The topological polar surface area (TPSA) is 93.3 Å². The molecule has 29 heavy (non-hydrogen) atoms. The number of aromatic nitrogens is 2. The standard InChI is InChI=1S/C21H17N3O4S/c25-17-9-14(13-6-7-15-16(8-13)28-11-27-15)18-19(22-17)23-21(24-20(18)26)29-10-12-4-2-1-3-5-12/h1-8,14H,9-11H2,(H2,22,23,24,25,26). The van der Waals surface area contributed by atoms with Crippen LogP contribution in [0.4, 0.5) is 5.82 Å². The summed E-state index contributed by atoms with van der Waals surface area (Å²) in [6, 6.07) is 15.4. The van der Waals surface area contributed by atoms with E-state index in [1.54, 1.807) is 6.07 Å². The molecule has 1 atom stereocenters. The fourth-order valence-corrected chi connectivity index (χ4v) is 4.38. The number of ether oxygens (including phenoxy) is 2. The number of nitrogens with zero attached hydrogens (tertiary/aromatic N) is 1. The molecule has 3 aromatic rings. The van der Waals surface area contributed by atoms with Gasteiger partial charge in [-0.05, 0) is 23.3 Å². The molecule has 1 amide bonds. The van der Waals surface area contributed by atoms with Crippen molar-refractivity contribution in [2.45, 2.75) is 23.2 Å². The zero-order chi connectivity index (χ0) is 19.8. The number of nitrogens with one attached hydrogen (secondary N) is 2. The van der Waals surface area contributed by atoms with Crippen LogP contribution in [0, 0.1) is 0 Å². The number of anilines is 1. The van der Waals surface area contributed by atoms with Gasteiger partial charge in [-0.1, -0.05) is 48.2 Å². The quantitative estimate of drug-likeness (QED) is 0.509. The highest BCUT2D eigenvalue weighted by atomic mass is 32.2. The van der Waals surface area contributed by atoms with Crippen molar-refractivity contribution in [1.29, 1.82) is 0 Å². The molecule has 0 saturated heterocycles. The number of thioether (sulfide) groups is 1. The molecule has 3 heterocycles. The maximum absolute atomic E-state index is 12.9. The number of hydrogen-bond acceptors (Lipinski definition) is 6. The monoisotopic (exact) mass is 407 g/mol. The van der Waals surface area contributed by atoms with Gasteiger partial charge in [0.2, 0.25) is 12.7 Å². The zero-order valence-electron chi connectivity index (χ0n) is 15.3. The molecule has 0 bridgehead atoms. The second-order valence-corrected chi connectivity index (χ2v) is 7.79. The summed E-state index contributed by atoms with van der Waals surface area (Å²) in [5, 5.41) is 3.23. The lowest BCUT2D eigenvalue weighted by Gasteiger charge is -2.24. The molecule has 8 heteroatoms. The molecule has 0 aliphatic carbocycles. The number of hydrogen-bond donors (Lipinski definition) is 2. The van der Waals surface area contributed by atoms with Gasteiger partial charge in [-0.2, -0.15) is 0 Å². The Bertz CT molecular complexity index is 1150. The van der Waals surface area contributed by atoms with Gasteiger partial charge in [0, 0.05) is 18.1 Å². The Balaban J connectivity index is 1.48. The number of carbonyl (C=O) groups excluding carboxylic acids is 1. The molecule has 2 N–H and O–H groups in total. The molecular weight excluding hydrogens is 390 g/mol. The van der Waals surface area contributed by atoms with Crippen molar-refractivity contribution in [2.75, 3.05) is 12.1 Å². The van der Waals surface area contributed by atoms with Crippen LogP contribution in [0.5, 0.6) is 11.5 Å². The second-order valence-electron chi connectivity index (χ2n) is 6.83. The average Bonchev–Trinajstić information content (AvgIpc) is 3.20. The predicted molar refractivity (Wildman–Crippen MR) is 109 cm³/mol. The van der Waals surface area contributed by atoms with E-state index in [4.69, 9.17) is 9.47 Å². The van der Waals surface area contributed by atoms with Crippen LogP contribution in [-0.4, -0.2) is 22.7 Å². The van der Waals surface area contributed by atoms with E-state index in [-0.39, 0.29) is 24.7 Å². The third-order valence-electron chi connectivity index (χ3n) is 4.95. The number of amides is 1. The van der Waals surface area contributed by atoms with E-state index in [9.17, 15) is 9.59 Å². The van der Waals surface area contributed by atoms with Crippen LogP contribution < -0.4 is 20.3 Å². The summed E-state index contributed by atoms with van der Waals surface area (Å²) < 4.78 is 10.8. The van der Waals surface area contributed by atoms with E-state index in [0.717, 1.165) is 11.1 Å². The van der Waals surface area contributed by atoms with Gasteiger partial charge in [0.05, 0.1) is 5.56 Å². The molecule has 2 aromatic carbocycles. The highest BCUT2D eigenvalue weighted by Crippen LogP contribution is 2.40. The van der Waals surface area contributed by atoms with Crippen LogP contribution >= 0.6 is 11.8 Å². The van der Waals surface area contributed by atoms with Crippen molar-refractivity contribution < 1.29 is 14.3 Å². The molecule has 0 saturated carbocycles. The molecule has 1 aromatic heterocycles. The molecule has 0 radical (unpaired) electrons. The Kier molecular flexibility index (Phi) is 4.48. The molecule has 0 fully saturated rings. The van der Waals surface area contributed by atoms with E-state index >= 15 is 0 Å². The Morgan fingerprint density at radius 2 is 1.90 bits per heavy atom. The van der Waals surface area contributed by atoms with Gasteiger partial charge in [0.15, 0.2) is 16.7 Å². The Hall–Kier alpha value is -3.26. The third kappa shape index (κ3) is 3.47. The number of aromatic amines is 1. The molecule has 2 aliphatic rings. The van der Waals surface area contributed by atoms with Gasteiger partial charge in [-0.25, -0.2) is 4.98 Å². The summed E-state index contributed by atoms with van der Waals surface area (Å²) in [6.45, 7) is 0.171. The molecule has 5 rings (SSSR count). The minimum atomic E-state index is -0.391. The van der Waals surface area contributed by atoms with Crippen LogP contribution in [0.25, 0.3) is 0 Å². The van der Waals surface area contributed by atoms with Crippen molar-refractivity contribution in [3.8, 4) is 11.5 Å². The van der Waals surface area contributed by atoms with E-state index in [1.807, 2.05) is 42.5 Å². The average molecular weight is 407 g/mol. The lowest BCUT2D eigenvalue weighted by Crippen LogP contribution is -2.31. The summed E-state index contributed by atoms with van der Waals surface area (Å²) in [6.07, 6.45) is 0.175. The van der Waals surface area contributed by atoms with Crippen molar-refractivity contribution >= 4 is 23.5 Å². The first-order valence-corrected chi connectivity index (χ1v) is 10.2. The van der Waals surface area contributed by atoms with Crippen LogP contribution in [-0.2, 0) is 10.5 Å². The first-order valence-electron chi connectivity index (χ1n) is 9.18. The predicted octanol–water partition coefficient (Wildman–Crippen LogP) is 3.27. The number of H-pyrrole nitrogens is 1. The van der Waals surface area contributed by atoms with E-state index in [1.165, 1.54) is 11.8 Å². The van der Waals surface area contributed by atoms with Gasteiger partial charge in [-0.15, -0.1) is 0 Å². The summed E-state index contributed by atoms with van der Waals surface area (Å²) in [4.78, 5) is 32.6. The summed E-state index contributed by atoms with van der Waals surface area (Å²) in [5.41, 5.74) is 2.17. The summed E-state index contributed by atoms with van der Waals surface area (Å²) in [7, 11) is 0. The smallest absolute Gasteiger partial charge is 0.257 e. The molecule has 146 valence electrons. The van der Waals surface area contributed by atoms with Crippen molar-refractivity contribution in [2.24, 2.45) is 0 Å². The van der Waals surface area contributed by atoms with Gasteiger partial charge in [-0.3, -0.25) is 9.59 Å². The maximum Gasteiger partial charge on any atom is 0.257 e. The molecule has 1 unspecified atom stereocenters. The van der Waals surface area contributed by atoms with Crippen LogP contribution in [0.2, 0.25) is 0 Å². The third-order valence-corrected chi connectivity index (χ3v) is 5.89. The van der Waals surface area contributed by atoms with Gasteiger partial charge < -0.3 is 19.8 Å². The first-order chi connectivity index (χ1) is 14.2. The lowest BCUT2D eigenvalue weighted by atomic mass is 9.86. The summed E-state index contributed by atoms with van der Waals surface area (Å²) >= 11 is 1.42. The van der Waals surface area contributed by atoms with Crippen LogP contribution in [0.1, 0.15) is 29.0 Å². The first kappa shape index (κ1) is 17.8. The lowest BCUT2D eigenvalue weighted by molar-refractivity contribution is -0.116. The minimum absolute atomic E-state index is 0.169. The van der Waals surface area contributed by atoms with Gasteiger partial charge >= 0.3 is 0 Å². The molecule has 0 spiro atoms. The Morgan fingerprint density at radius 1 is 1.07 bits per heavy atom. The minimum Gasteiger partial charge on any atom is -0.454 e. The van der Waals surface area contributed by atoms with Crippen LogP contribution in [0.15, 0.2) is 58.5 Å². The van der Waals surface area contributed by atoms with Gasteiger partial charge in [0.1, 0.15) is 5.82 Å². The normalized spacial score (nSPS) is 17.0. The highest BCUT2D eigenvalue weighted by Gasteiger charge is 2.32. The molecule has 7 nitrogen and oxygen atoms in total. The number of rotatable bonds is 4. The Labute approximate surface area is 170 Å². The zero-order valence-corrected chi connectivity index (χ0v) is 16.1. The number of benzene rings is 2. The van der Waals surface area contributed by atoms with E-state index in [0.29, 0.717) is 33.8 Å². The summed E-state index contributed by atoms with van der Waals surface area (Å²) in [5.74, 6) is 1.71. The van der Waals surface area contributed by atoms with Crippen molar-refractivity contribution in [1.82, 2.24) is 9.97 Å². The second kappa shape index (κ2) is 7.29. The SMILES string of the molecule is O=C1CC(c2ccc3c(c2)OCO3)c2c(nc(SCc3ccccc3)[nH]c2=O)N1.